The number of hydrogen-bond donors (Lipinski definition) is 1. The molecule has 35 heavy (non-hydrogen) atoms. The summed E-state index contributed by atoms with van der Waals surface area (Å²) in [6.45, 7) is 1.93. The lowest BCUT2D eigenvalue weighted by atomic mass is 10.1. The Morgan fingerprint density at radius 3 is 2.60 bits per heavy atom. The maximum atomic E-state index is 13.1. The van der Waals surface area contributed by atoms with E-state index in [0.717, 1.165) is 11.1 Å². The van der Waals surface area contributed by atoms with Gasteiger partial charge in [0.15, 0.2) is 0 Å². The molecule has 0 aliphatic heterocycles. The average Bonchev–Trinajstić information content (AvgIpc) is 3.29. The fourth-order valence-corrected chi connectivity index (χ4v) is 3.76. The van der Waals surface area contributed by atoms with E-state index in [4.69, 9.17) is 9.47 Å². The van der Waals surface area contributed by atoms with Crippen LogP contribution < -0.4 is 9.47 Å². The van der Waals surface area contributed by atoms with Crippen LogP contribution in [0.2, 0.25) is 0 Å². The highest BCUT2D eigenvalue weighted by atomic mass is 16.5. The van der Waals surface area contributed by atoms with E-state index in [-0.39, 0.29) is 12.5 Å². The highest BCUT2D eigenvalue weighted by Crippen LogP contribution is 2.32. The molecule has 0 unspecified atom stereocenters. The third kappa shape index (κ3) is 4.99. The van der Waals surface area contributed by atoms with Gasteiger partial charge in [-0.1, -0.05) is 30.3 Å². The molecule has 0 saturated carbocycles. The molecule has 0 aliphatic carbocycles. The molecule has 1 atom stereocenters. The lowest BCUT2D eigenvalue weighted by Crippen LogP contribution is -2.31. The van der Waals surface area contributed by atoms with Gasteiger partial charge in [-0.3, -0.25) is 4.79 Å². The molecule has 1 amide bonds. The molecule has 0 radical (unpaired) electrons. The van der Waals surface area contributed by atoms with E-state index in [1.807, 2.05) is 48.5 Å². The molecule has 180 valence electrons. The van der Waals surface area contributed by atoms with Gasteiger partial charge in [0.25, 0.3) is 11.9 Å². The van der Waals surface area contributed by atoms with Gasteiger partial charge in [0.2, 0.25) is 0 Å². The van der Waals surface area contributed by atoms with Crippen molar-refractivity contribution < 1.29 is 19.4 Å². The highest BCUT2D eigenvalue weighted by molar-refractivity contribution is 5.95. The minimum atomic E-state index is -0.793. The van der Waals surface area contributed by atoms with E-state index < -0.39 is 6.10 Å². The molecule has 2 heterocycles. The van der Waals surface area contributed by atoms with Crippen molar-refractivity contribution in [2.24, 2.45) is 0 Å². The van der Waals surface area contributed by atoms with Crippen LogP contribution in [0.1, 0.15) is 27.7 Å². The summed E-state index contributed by atoms with van der Waals surface area (Å²) >= 11 is 0. The number of aromatic nitrogens is 4. The minimum Gasteiger partial charge on any atom is -0.497 e. The number of ether oxygens (including phenoxy) is 2. The van der Waals surface area contributed by atoms with E-state index in [0.29, 0.717) is 34.4 Å². The van der Waals surface area contributed by atoms with Crippen LogP contribution in [0.15, 0.2) is 67.0 Å². The summed E-state index contributed by atoms with van der Waals surface area (Å²) < 4.78 is 12.3. The molecule has 2 aromatic heterocycles. The second kappa shape index (κ2) is 10.4. The fraction of sp³-hybridized carbons (Fsp3) is 0.231. The fourth-order valence-electron chi connectivity index (χ4n) is 3.76. The number of aliphatic hydroxyl groups excluding tert-OH is 1. The monoisotopic (exact) mass is 473 g/mol. The van der Waals surface area contributed by atoms with Gasteiger partial charge in [-0.05, 0) is 36.8 Å². The number of aliphatic hydroxyl groups is 1. The topological polar surface area (TPSA) is 103 Å². The van der Waals surface area contributed by atoms with Gasteiger partial charge in [0.05, 0.1) is 50.0 Å². The van der Waals surface area contributed by atoms with Crippen LogP contribution in [0.4, 0.5) is 0 Å². The molecule has 1 N–H and O–H groups in total. The average molecular weight is 474 g/mol. The summed E-state index contributed by atoms with van der Waals surface area (Å²) in [4.78, 5) is 23.6. The number of likely N-dealkylation sites (N-methyl/N-ethyl adjacent to an activating group) is 1. The zero-order valence-corrected chi connectivity index (χ0v) is 20.0. The van der Waals surface area contributed by atoms with Crippen LogP contribution in [-0.2, 0) is 0 Å². The molecular weight excluding hydrogens is 446 g/mol. The van der Waals surface area contributed by atoms with Crippen molar-refractivity contribution in [3.8, 4) is 28.7 Å². The third-order valence-electron chi connectivity index (χ3n) is 5.73. The Morgan fingerprint density at radius 1 is 1.11 bits per heavy atom. The Bertz CT molecular complexity index is 1320. The second-order valence-electron chi connectivity index (χ2n) is 7.98. The van der Waals surface area contributed by atoms with Crippen molar-refractivity contribution >= 4 is 5.91 Å². The maximum absolute atomic E-state index is 13.1. The largest absolute Gasteiger partial charge is 0.497 e. The van der Waals surface area contributed by atoms with E-state index >= 15 is 0 Å². The van der Waals surface area contributed by atoms with Crippen molar-refractivity contribution in [2.45, 2.75) is 13.0 Å². The van der Waals surface area contributed by atoms with Gasteiger partial charge in [-0.2, -0.15) is 5.10 Å². The first-order chi connectivity index (χ1) is 16.9. The molecule has 9 nitrogen and oxygen atoms in total. The minimum absolute atomic E-state index is 0.148. The normalized spacial score (nSPS) is 11.7. The summed E-state index contributed by atoms with van der Waals surface area (Å²) in [5.41, 5.74) is 3.10. The first-order valence-electron chi connectivity index (χ1n) is 11.0. The van der Waals surface area contributed by atoms with Gasteiger partial charge < -0.3 is 19.5 Å². The van der Waals surface area contributed by atoms with Crippen LogP contribution in [0.5, 0.6) is 11.5 Å². The number of rotatable bonds is 8. The van der Waals surface area contributed by atoms with Crippen LogP contribution in [0.25, 0.3) is 17.2 Å². The molecule has 0 bridgehead atoms. The number of nitrogens with zero attached hydrogens (tertiary/aromatic N) is 5. The van der Waals surface area contributed by atoms with Crippen LogP contribution in [-0.4, -0.2) is 63.5 Å². The van der Waals surface area contributed by atoms with Crippen molar-refractivity contribution in [1.82, 2.24) is 24.6 Å². The zero-order valence-electron chi connectivity index (χ0n) is 20.0. The van der Waals surface area contributed by atoms with Crippen LogP contribution in [0.3, 0.4) is 0 Å². The first-order valence-corrected chi connectivity index (χ1v) is 11.0. The van der Waals surface area contributed by atoms with E-state index in [1.54, 1.807) is 40.5 Å². The van der Waals surface area contributed by atoms with E-state index in [9.17, 15) is 9.90 Å². The second-order valence-corrected chi connectivity index (χ2v) is 7.98. The standard InChI is InChI=1S/C26H27N5O4/c1-17-21(25(33)30(2)16-23(32)18-8-6-5-7-9-18)15-28-31(17)26-27-13-12-22(29-26)20-14-19(34-3)10-11-24(20)35-4/h5-15,23,32H,16H2,1-4H3/t23-/m1/s1. The molecule has 0 spiro atoms. The zero-order chi connectivity index (χ0) is 24.9. The number of amides is 1. The summed E-state index contributed by atoms with van der Waals surface area (Å²) in [6, 6.07) is 16.5. The Labute approximate surface area is 203 Å². The molecule has 2 aromatic carbocycles. The molecule has 0 aliphatic rings. The number of carbonyl (C=O) groups excluding carboxylic acids is 1. The predicted molar refractivity (Wildman–Crippen MR) is 131 cm³/mol. The highest BCUT2D eigenvalue weighted by Gasteiger charge is 2.22. The van der Waals surface area contributed by atoms with Crippen molar-refractivity contribution in [3.05, 3.63) is 83.8 Å². The first kappa shape index (κ1) is 23.9. The van der Waals surface area contributed by atoms with Gasteiger partial charge in [-0.25, -0.2) is 14.6 Å². The molecule has 0 saturated heterocycles. The number of benzene rings is 2. The van der Waals surface area contributed by atoms with Gasteiger partial charge in [0, 0.05) is 18.8 Å². The molecule has 0 fully saturated rings. The lowest BCUT2D eigenvalue weighted by molar-refractivity contribution is 0.0680. The summed E-state index contributed by atoms with van der Waals surface area (Å²) in [6.07, 6.45) is 2.32. The Hall–Kier alpha value is -4.24. The summed E-state index contributed by atoms with van der Waals surface area (Å²) in [5, 5.41) is 14.9. The smallest absolute Gasteiger partial charge is 0.257 e. The van der Waals surface area contributed by atoms with Gasteiger partial charge in [0.1, 0.15) is 11.5 Å². The van der Waals surface area contributed by atoms with Crippen LogP contribution >= 0.6 is 0 Å². The SMILES string of the molecule is COc1ccc(OC)c(-c2ccnc(-n3ncc(C(=O)N(C)C[C@@H](O)c4ccccc4)c3C)n2)c1. The number of methoxy groups -OCH3 is 2. The van der Waals surface area contributed by atoms with E-state index in [2.05, 4.69) is 15.1 Å². The lowest BCUT2D eigenvalue weighted by Gasteiger charge is -2.21. The molecule has 9 heteroatoms. The molecule has 4 rings (SSSR count). The molecular formula is C26H27N5O4. The Balaban J connectivity index is 1.59. The number of hydrogen-bond acceptors (Lipinski definition) is 7. The molecule has 4 aromatic rings. The summed E-state index contributed by atoms with van der Waals surface area (Å²) in [7, 11) is 4.84. The number of carbonyl (C=O) groups is 1. The van der Waals surface area contributed by atoms with Crippen molar-refractivity contribution in [3.63, 3.8) is 0 Å². The van der Waals surface area contributed by atoms with E-state index in [1.165, 1.54) is 15.8 Å². The predicted octanol–water partition coefficient (Wildman–Crippen LogP) is 3.46. The van der Waals surface area contributed by atoms with Gasteiger partial charge >= 0.3 is 0 Å². The van der Waals surface area contributed by atoms with Crippen molar-refractivity contribution in [1.29, 1.82) is 0 Å². The quantitative estimate of drug-likeness (QED) is 0.418. The summed E-state index contributed by atoms with van der Waals surface area (Å²) in [5.74, 6) is 1.37. The maximum Gasteiger partial charge on any atom is 0.257 e. The Kier molecular flexibility index (Phi) is 7.07. The van der Waals surface area contributed by atoms with Gasteiger partial charge in [-0.15, -0.1) is 0 Å². The van der Waals surface area contributed by atoms with Crippen LogP contribution in [0, 0.1) is 6.92 Å². The third-order valence-corrected chi connectivity index (χ3v) is 5.73. The Morgan fingerprint density at radius 2 is 1.89 bits per heavy atom. The van der Waals surface area contributed by atoms with Crippen molar-refractivity contribution in [2.75, 3.05) is 27.8 Å².